The molecular formula is C20H22N2O5. The molecule has 27 heavy (non-hydrogen) atoms. The summed E-state index contributed by atoms with van der Waals surface area (Å²) in [5, 5.41) is 13.7. The molecule has 2 rings (SSSR count). The van der Waals surface area contributed by atoms with Crippen LogP contribution in [-0.4, -0.2) is 24.3 Å². The van der Waals surface area contributed by atoms with Gasteiger partial charge in [-0.25, -0.2) is 4.79 Å². The van der Waals surface area contributed by atoms with E-state index in [1.807, 2.05) is 0 Å². The number of rotatable bonds is 9. The van der Waals surface area contributed by atoms with E-state index in [2.05, 4.69) is 12.2 Å². The predicted octanol–water partition coefficient (Wildman–Crippen LogP) is 2.88. The Morgan fingerprint density at radius 1 is 1.00 bits per heavy atom. The van der Waals surface area contributed by atoms with Gasteiger partial charge in [0.2, 0.25) is 5.91 Å². The zero-order valence-corrected chi connectivity index (χ0v) is 15.1. The second-order valence-corrected chi connectivity index (χ2v) is 6.03. The number of hydrogen-bond donors (Lipinski definition) is 1. The first-order chi connectivity index (χ1) is 13.0. The smallest absolute Gasteiger partial charge is 0.339 e. The highest BCUT2D eigenvalue weighted by Crippen LogP contribution is 2.12. The van der Waals surface area contributed by atoms with Crippen LogP contribution in [0.15, 0.2) is 48.8 Å². The van der Waals surface area contributed by atoms with Gasteiger partial charge in [0.1, 0.15) is 0 Å². The third-order valence-electron chi connectivity index (χ3n) is 3.87. The fourth-order valence-corrected chi connectivity index (χ4v) is 2.35. The summed E-state index contributed by atoms with van der Waals surface area (Å²) in [5.41, 5.74) is 1.17. The van der Waals surface area contributed by atoms with Gasteiger partial charge in [0.25, 0.3) is 0 Å². The maximum Gasteiger partial charge on any atom is 0.339 e. The Morgan fingerprint density at radius 2 is 1.67 bits per heavy atom. The lowest BCUT2D eigenvalue weighted by Gasteiger charge is -2.07. The molecule has 0 aliphatic heterocycles. The minimum Gasteiger partial charge on any atom is -0.619 e. The average molecular weight is 370 g/mol. The van der Waals surface area contributed by atoms with Gasteiger partial charge in [0.05, 0.1) is 5.56 Å². The number of nitrogens with zero attached hydrogens (tertiary/aromatic N) is 1. The third kappa shape index (κ3) is 6.54. The maximum atomic E-state index is 12.1. The molecule has 0 radical (unpaired) electrons. The SMILES string of the molecule is CCCCCC(=O)Nc1ccc(C(=O)COC(=O)c2cc[n+]([O-])cc2)cc1. The van der Waals surface area contributed by atoms with Crippen LogP contribution >= 0.6 is 0 Å². The largest absolute Gasteiger partial charge is 0.619 e. The van der Waals surface area contributed by atoms with E-state index in [-0.39, 0.29) is 17.3 Å². The number of esters is 1. The standard InChI is InChI=1S/C20H22N2O5/c1-2-3-4-5-19(24)21-17-8-6-15(7-9-17)18(23)14-27-20(25)16-10-12-22(26)13-11-16/h6-13H,2-5,14H2,1H3,(H,21,24). The lowest BCUT2D eigenvalue weighted by Crippen LogP contribution is -2.24. The van der Waals surface area contributed by atoms with E-state index in [4.69, 9.17) is 4.74 Å². The van der Waals surface area contributed by atoms with Crippen molar-refractivity contribution in [2.24, 2.45) is 0 Å². The van der Waals surface area contributed by atoms with Crippen molar-refractivity contribution in [3.05, 3.63) is 65.1 Å². The summed E-state index contributed by atoms with van der Waals surface area (Å²) >= 11 is 0. The van der Waals surface area contributed by atoms with Gasteiger partial charge in [0.15, 0.2) is 24.8 Å². The van der Waals surface area contributed by atoms with Crippen molar-refractivity contribution >= 4 is 23.3 Å². The van der Waals surface area contributed by atoms with Crippen molar-refractivity contribution in [1.29, 1.82) is 0 Å². The quantitative estimate of drug-likeness (QED) is 0.241. The normalized spacial score (nSPS) is 10.3. The lowest BCUT2D eigenvalue weighted by molar-refractivity contribution is -0.605. The molecule has 1 N–H and O–H groups in total. The fraction of sp³-hybridized carbons (Fsp3) is 0.300. The number of anilines is 1. The molecule has 0 atom stereocenters. The molecule has 7 nitrogen and oxygen atoms in total. The molecular weight excluding hydrogens is 348 g/mol. The number of ether oxygens (including phenoxy) is 1. The zero-order valence-electron chi connectivity index (χ0n) is 15.1. The highest BCUT2D eigenvalue weighted by atomic mass is 16.5. The first-order valence-corrected chi connectivity index (χ1v) is 8.78. The molecule has 0 saturated carbocycles. The summed E-state index contributed by atoms with van der Waals surface area (Å²) in [6.45, 7) is 1.67. The minimum absolute atomic E-state index is 0.0567. The van der Waals surface area contributed by atoms with Crippen LogP contribution in [0.25, 0.3) is 0 Å². The van der Waals surface area contributed by atoms with Crippen molar-refractivity contribution in [3.8, 4) is 0 Å². The highest BCUT2D eigenvalue weighted by Gasteiger charge is 2.13. The van der Waals surface area contributed by atoms with Crippen molar-refractivity contribution in [1.82, 2.24) is 0 Å². The Labute approximate surface area is 157 Å². The van der Waals surface area contributed by atoms with Crippen LogP contribution in [0, 0.1) is 5.21 Å². The van der Waals surface area contributed by atoms with E-state index in [1.54, 1.807) is 24.3 Å². The zero-order chi connectivity index (χ0) is 19.6. The highest BCUT2D eigenvalue weighted by molar-refractivity contribution is 6.00. The van der Waals surface area contributed by atoms with Crippen LogP contribution < -0.4 is 10.0 Å². The molecule has 0 spiro atoms. The van der Waals surface area contributed by atoms with Crippen molar-refractivity contribution < 1.29 is 23.9 Å². The summed E-state index contributed by atoms with van der Waals surface area (Å²) in [6, 6.07) is 9.05. The van der Waals surface area contributed by atoms with Crippen LogP contribution in [0.4, 0.5) is 5.69 Å². The Balaban J connectivity index is 1.83. The summed E-state index contributed by atoms with van der Waals surface area (Å²) in [7, 11) is 0. The molecule has 0 saturated heterocycles. The Kier molecular flexibility index (Phi) is 7.49. The van der Waals surface area contributed by atoms with E-state index in [0.717, 1.165) is 19.3 Å². The van der Waals surface area contributed by atoms with Crippen LogP contribution in [0.1, 0.15) is 53.3 Å². The second-order valence-electron chi connectivity index (χ2n) is 6.03. The molecule has 1 amide bonds. The second kappa shape index (κ2) is 10.1. The molecule has 2 aromatic rings. The number of benzene rings is 1. The predicted molar refractivity (Wildman–Crippen MR) is 99.2 cm³/mol. The molecule has 0 fully saturated rings. The number of carbonyl (C=O) groups is 3. The van der Waals surface area contributed by atoms with Crippen molar-refractivity contribution in [2.45, 2.75) is 32.6 Å². The molecule has 0 aliphatic carbocycles. The van der Waals surface area contributed by atoms with E-state index in [0.29, 0.717) is 22.4 Å². The Morgan fingerprint density at radius 3 is 2.30 bits per heavy atom. The topological polar surface area (TPSA) is 99.4 Å². The molecule has 1 aromatic carbocycles. The van der Waals surface area contributed by atoms with Gasteiger partial charge in [0, 0.05) is 29.8 Å². The molecule has 142 valence electrons. The molecule has 0 bridgehead atoms. The van der Waals surface area contributed by atoms with Gasteiger partial charge in [-0.2, -0.15) is 4.73 Å². The summed E-state index contributed by atoms with van der Waals surface area (Å²) in [4.78, 5) is 35.7. The number of Topliss-reactive ketones (excluding diaryl/α,β-unsaturated/α-hetero) is 1. The van der Waals surface area contributed by atoms with Gasteiger partial charge in [-0.05, 0) is 30.7 Å². The molecule has 1 aromatic heterocycles. The first kappa shape index (κ1) is 20.1. The monoisotopic (exact) mass is 370 g/mol. The number of ketones is 1. The van der Waals surface area contributed by atoms with Crippen LogP contribution in [-0.2, 0) is 9.53 Å². The molecule has 7 heteroatoms. The number of hydrogen-bond acceptors (Lipinski definition) is 5. The molecule has 0 aliphatic rings. The number of aromatic nitrogens is 1. The fourth-order valence-electron chi connectivity index (χ4n) is 2.35. The molecule has 1 heterocycles. The van der Waals surface area contributed by atoms with Gasteiger partial charge >= 0.3 is 5.97 Å². The number of pyridine rings is 1. The Bertz CT molecular complexity index is 785. The van der Waals surface area contributed by atoms with Gasteiger partial charge in [-0.1, -0.05) is 19.8 Å². The number of amides is 1. The van der Waals surface area contributed by atoms with Gasteiger partial charge < -0.3 is 15.3 Å². The third-order valence-corrected chi connectivity index (χ3v) is 3.87. The van der Waals surface area contributed by atoms with E-state index in [9.17, 15) is 19.6 Å². The average Bonchev–Trinajstić information content (AvgIpc) is 2.67. The number of unbranched alkanes of at least 4 members (excludes halogenated alkanes) is 2. The number of carbonyl (C=O) groups excluding carboxylic acids is 3. The maximum absolute atomic E-state index is 12.1. The van der Waals surface area contributed by atoms with Crippen LogP contribution in [0.3, 0.4) is 0 Å². The number of nitrogens with one attached hydrogen (secondary N) is 1. The van der Waals surface area contributed by atoms with E-state index in [1.165, 1.54) is 24.5 Å². The van der Waals surface area contributed by atoms with Crippen molar-refractivity contribution in [3.63, 3.8) is 0 Å². The van der Waals surface area contributed by atoms with Gasteiger partial charge in [-0.3, -0.25) is 9.59 Å². The lowest BCUT2D eigenvalue weighted by atomic mass is 10.1. The summed E-state index contributed by atoms with van der Waals surface area (Å²) in [5.74, 6) is -1.10. The van der Waals surface area contributed by atoms with Crippen molar-refractivity contribution in [2.75, 3.05) is 11.9 Å². The minimum atomic E-state index is -0.681. The summed E-state index contributed by atoms with van der Waals surface area (Å²) in [6.07, 6.45) is 5.73. The van der Waals surface area contributed by atoms with Crippen LogP contribution in [0.2, 0.25) is 0 Å². The van der Waals surface area contributed by atoms with E-state index >= 15 is 0 Å². The molecule has 0 unspecified atom stereocenters. The van der Waals surface area contributed by atoms with Crippen LogP contribution in [0.5, 0.6) is 0 Å². The van der Waals surface area contributed by atoms with Gasteiger partial charge in [-0.15, -0.1) is 0 Å². The van der Waals surface area contributed by atoms with E-state index < -0.39 is 12.6 Å². The first-order valence-electron chi connectivity index (χ1n) is 8.78. The summed E-state index contributed by atoms with van der Waals surface area (Å²) < 4.78 is 5.51. The Hall–Kier alpha value is -3.22.